The van der Waals surface area contributed by atoms with Crippen molar-refractivity contribution in [2.75, 3.05) is 5.75 Å². The molecule has 0 radical (unpaired) electrons. The fourth-order valence-electron chi connectivity index (χ4n) is 3.01. The van der Waals surface area contributed by atoms with E-state index in [1.807, 2.05) is 49.4 Å². The molecule has 6 heteroatoms. The molecule has 0 saturated carbocycles. The second-order valence-corrected chi connectivity index (χ2v) is 18.8. The summed E-state index contributed by atoms with van der Waals surface area (Å²) < 4.78 is 13.4. The molecule has 2 N–H and O–H groups in total. The number of rotatable bonds is 10. The van der Waals surface area contributed by atoms with E-state index >= 15 is 0 Å². The molecule has 0 heterocycles. The van der Waals surface area contributed by atoms with E-state index in [1.165, 1.54) is 5.56 Å². The number of benzene rings is 2. The molecule has 138 valence electrons. The summed E-state index contributed by atoms with van der Waals surface area (Å²) in [6, 6.07) is 17.6. The Kier molecular flexibility index (Phi) is 9.99. The van der Waals surface area contributed by atoms with E-state index in [9.17, 15) is 14.4 Å². The average Bonchev–Trinajstić information content (AvgIpc) is 2.65. The predicted octanol–water partition coefficient (Wildman–Crippen LogP) is 3.88. The molecule has 0 unspecified atom stereocenters. The van der Waals surface area contributed by atoms with Gasteiger partial charge in [-0.05, 0) is 0 Å². The molecule has 0 spiro atoms. The Balaban J connectivity index is 1.95. The zero-order chi connectivity index (χ0) is 18.9. The van der Waals surface area contributed by atoms with Crippen molar-refractivity contribution in [1.82, 2.24) is 0 Å². The summed E-state index contributed by atoms with van der Waals surface area (Å²) in [6.45, 7) is 1.99. The van der Waals surface area contributed by atoms with Crippen LogP contribution in [0.4, 0.5) is 0 Å². The molecule has 2 aromatic carbocycles. The molecule has 0 bridgehead atoms. The summed E-state index contributed by atoms with van der Waals surface area (Å²) in [5.41, 5.74) is 2.31. The average molecular weight is 626 g/mol. The first-order valence-corrected chi connectivity index (χ1v) is 26.0. The molecule has 0 aliphatic carbocycles. The van der Waals surface area contributed by atoms with Crippen molar-refractivity contribution in [2.24, 2.45) is 5.92 Å². The molecule has 0 amide bonds. The van der Waals surface area contributed by atoms with Crippen LogP contribution in [0.1, 0.15) is 17.5 Å². The normalized spacial score (nSPS) is 15.7. The van der Waals surface area contributed by atoms with Crippen molar-refractivity contribution in [3.63, 3.8) is 0 Å². The monoisotopic (exact) mass is 626 g/mol. The summed E-state index contributed by atoms with van der Waals surface area (Å²) in [7, 11) is -1.25. The van der Waals surface area contributed by atoms with Gasteiger partial charge in [0.25, 0.3) is 0 Å². The summed E-state index contributed by atoms with van der Waals surface area (Å²) in [6.07, 6.45) is 0.0769. The molecule has 2 rings (SSSR count). The molecule has 3 nitrogen and oxygen atoms in total. The molecule has 0 aromatic heterocycles. The van der Waals surface area contributed by atoms with Gasteiger partial charge in [0, 0.05) is 0 Å². The zero-order valence-corrected chi connectivity index (χ0v) is 23.0. The van der Waals surface area contributed by atoms with Crippen molar-refractivity contribution in [3.8, 4) is 0 Å². The first kappa shape index (κ1) is 22.2. The molecule has 0 saturated heterocycles. The number of hydrogen-bond donors (Lipinski definition) is 2. The third-order valence-electron chi connectivity index (χ3n) is 4.61. The van der Waals surface area contributed by atoms with Crippen molar-refractivity contribution in [1.29, 1.82) is 0 Å². The van der Waals surface area contributed by atoms with Gasteiger partial charge in [-0.3, -0.25) is 0 Å². The molecule has 0 aliphatic rings. The minimum absolute atomic E-state index is 0.178. The van der Waals surface area contributed by atoms with Crippen molar-refractivity contribution < 1.29 is 36.6 Å². The summed E-state index contributed by atoms with van der Waals surface area (Å²) in [5.74, 6) is -0.0223. The van der Waals surface area contributed by atoms with E-state index in [-0.39, 0.29) is 11.7 Å². The fraction of sp³-hybridized carbons (Fsp3) is 0.400. The quantitative estimate of drug-likeness (QED) is 0.394. The number of hydrogen-bond acceptors (Lipinski definition) is 3. The maximum atomic E-state index is 12.6. The molecule has 4 atom stereocenters. The molecule has 26 heavy (non-hydrogen) atoms. The number of aliphatic hydroxyl groups excluding tert-OH is 2. The number of halogens is 1. The van der Waals surface area contributed by atoms with Crippen LogP contribution in [0.15, 0.2) is 59.5 Å². The molecule has 0 fully saturated rings. The van der Waals surface area contributed by atoms with Gasteiger partial charge in [-0.15, -0.1) is 0 Å². The van der Waals surface area contributed by atoms with Crippen LogP contribution in [-0.2, 0) is 39.4 Å². The van der Waals surface area contributed by atoms with Gasteiger partial charge in [-0.1, -0.05) is 0 Å². The van der Waals surface area contributed by atoms with Gasteiger partial charge in [-0.2, -0.15) is 0 Å². The maximum absolute atomic E-state index is 12.6. The Bertz CT molecular complexity index is 681. The number of aryl methyl sites for hydroxylation is 2. The van der Waals surface area contributed by atoms with E-state index in [0.29, 0.717) is 6.42 Å². The van der Waals surface area contributed by atoms with Gasteiger partial charge < -0.3 is 0 Å². The third-order valence-corrected chi connectivity index (χ3v) is 13.5. The second-order valence-electron chi connectivity index (χ2n) is 6.63. The fourth-order valence-corrected chi connectivity index (χ4v) is 12.8. The topological polar surface area (TPSA) is 57.5 Å². The summed E-state index contributed by atoms with van der Waals surface area (Å²) in [5, 5.41) is 21.3. The molecular formula is C20H25BrHgO3S. The molecular weight excluding hydrogens is 601 g/mol. The molecule has 2 aromatic rings. The Morgan fingerprint density at radius 2 is 1.69 bits per heavy atom. The minimum atomic E-state index is -1.25. The zero-order valence-electron chi connectivity index (χ0n) is 15.1. The van der Waals surface area contributed by atoms with Crippen molar-refractivity contribution >= 4 is 22.7 Å². The summed E-state index contributed by atoms with van der Waals surface area (Å²) in [4.78, 5) is 0.732. The first-order valence-electron chi connectivity index (χ1n) is 8.92. The predicted molar refractivity (Wildman–Crippen MR) is 106 cm³/mol. The van der Waals surface area contributed by atoms with E-state index < -0.39 is 45.2 Å². The van der Waals surface area contributed by atoms with Gasteiger partial charge in [0.05, 0.1) is 0 Å². The summed E-state index contributed by atoms with van der Waals surface area (Å²) >= 11 is 2.40. The Morgan fingerprint density at radius 1 is 1.04 bits per heavy atom. The van der Waals surface area contributed by atoms with Gasteiger partial charge in [-0.25, -0.2) is 0 Å². The van der Waals surface area contributed by atoms with E-state index in [4.69, 9.17) is 0 Å². The van der Waals surface area contributed by atoms with Gasteiger partial charge in [0.1, 0.15) is 0 Å². The first-order chi connectivity index (χ1) is 12.5. The number of aliphatic hydroxyl groups is 2. The van der Waals surface area contributed by atoms with Crippen LogP contribution in [0.5, 0.6) is 0 Å². The van der Waals surface area contributed by atoms with Gasteiger partial charge in [0.15, 0.2) is 0 Å². The van der Waals surface area contributed by atoms with Crippen LogP contribution >= 0.6 is 11.9 Å². The van der Waals surface area contributed by atoms with Crippen molar-refractivity contribution in [2.45, 2.75) is 40.8 Å². The van der Waals surface area contributed by atoms with Gasteiger partial charge in [0.2, 0.25) is 0 Å². The van der Waals surface area contributed by atoms with Crippen LogP contribution in [0.2, 0.25) is 3.93 Å². The standard InChI is InChI=1S/C20H25O3S.BrH.Hg/c1-15-8-11-18(12-9-15)24(23)14-20(22)16(2)19(21)13-10-17-6-4-3-5-7-17;;/h3-9,11-12,16,19-22H,2,10,13-14H2,1H3;1H;/q;;+1/p-1/t16-,19-,20+,24-;;/m1../s1. The SMILES string of the molecule is Cc1ccc([S@](=O)C[C@H](O)[C@H]([CH2][Hg][Br])[C@H](O)CCc2ccccc2)cc1. The van der Waals surface area contributed by atoms with Crippen LogP contribution in [0.25, 0.3) is 0 Å². The van der Waals surface area contributed by atoms with Crippen LogP contribution in [0, 0.1) is 12.8 Å². The second kappa shape index (κ2) is 11.7. The Labute approximate surface area is 176 Å². The van der Waals surface area contributed by atoms with Crippen molar-refractivity contribution in [3.05, 3.63) is 65.7 Å². The van der Waals surface area contributed by atoms with E-state index in [1.54, 1.807) is 0 Å². The third kappa shape index (κ3) is 7.15. The van der Waals surface area contributed by atoms with Crippen LogP contribution < -0.4 is 0 Å². The Hall–Kier alpha value is -0.0749. The van der Waals surface area contributed by atoms with E-state index in [2.05, 4.69) is 24.0 Å². The van der Waals surface area contributed by atoms with E-state index in [0.717, 1.165) is 20.8 Å². The van der Waals surface area contributed by atoms with Crippen LogP contribution in [-0.4, -0.2) is 32.4 Å². The van der Waals surface area contributed by atoms with Gasteiger partial charge >= 0.3 is 177 Å². The van der Waals surface area contributed by atoms with Crippen LogP contribution in [0.3, 0.4) is 0 Å². The Morgan fingerprint density at radius 3 is 2.31 bits per heavy atom. The molecule has 0 aliphatic heterocycles.